The first kappa shape index (κ1) is 10.1. The standard InChI is InChI=1S/C13H8N2OS/c16-8-11-7-15-13(17-11)10-3-4-12-9(6-10)2-1-5-14-12/h1-8H. The molecule has 0 aliphatic carbocycles. The molecule has 0 amide bonds. The van der Waals surface area contributed by atoms with E-state index >= 15 is 0 Å². The predicted molar refractivity (Wildman–Crippen MR) is 68.2 cm³/mol. The molecule has 3 nitrogen and oxygen atoms in total. The molecule has 0 unspecified atom stereocenters. The van der Waals surface area contributed by atoms with Gasteiger partial charge in [-0.2, -0.15) is 0 Å². The number of aromatic nitrogens is 2. The third-order valence-electron chi connectivity index (χ3n) is 2.49. The maximum atomic E-state index is 10.6. The Balaban J connectivity index is 2.14. The number of carbonyl (C=O) groups is 1. The van der Waals surface area contributed by atoms with Gasteiger partial charge in [0.2, 0.25) is 0 Å². The number of fused-ring (bicyclic) bond motifs is 1. The third-order valence-corrected chi connectivity index (χ3v) is 3.46. The summed E-state index contributed by atoms with van der Waals surface area (Å²) in [6, 6.07) is 9.90. The molecule has 0 atom stereocenters. The molecule has 17 heavy (non-hydrogen) atoms. The lowest BCUT2D eigenvalue weighted by molar-refractivity contribution is 0.112. The van der Waals surface area contributed by atoms with E-state index in [-0.39, 0.29) is 0 Å². The minimum atomic E-state index is 0.645. The summed E-state index contributed by atoms with van der Waals surface area (Å²) < 4.78 is 0. The van der Waals surface area contributed by atoms with Crippen molar-refractivity contribution in [2.24, 2.45) is 0 Å². The Labute approximate surface area is 102 Å². The Morgan fingerprint density at radius 2 is 2.12 bits per heavy atom. The monoisotopic (exact) mass is 240 g/mol. The number of pyridine rings is 1. The van der Waals surface area contributed by atoms with Crippen molar-refractivity contribution >= 4 is 28.5 Å². The van der Waals surface area contributed by atoms with Crippen molar-refractivity contribution in [1.29, 1.82) is 0 Å². The molecule has 0 aliphatic heterocycles. The average Bonchev–Trinajstić information content (AvgIpc) is 2.87. The van der Waals surface area contributed by atoms with E-state index in [0.717, 1.165) is 27.8 Å². The summed E-state index contributed by atoms with van der Waals surface area (Å²) in [5.41, 5.74) is 1.98. The molecule has 0 N–H and O–H groups in total. The maximum Gasteiger partial charge on any atom is 0.161 e. The van der Waals surface area contributed by atoms with Gasteiger partial charge in [-0.3, -0.25) is 9.78 Å². The highest BCUT2D eigenvalue weighted by Gasteiger charge is 2.05. The summed E-state index contributed by atoms with van der Waals surface area (Å²) in [7, 11) is 0. The Kier molecular flexibility index (Phi) is 2.42. The summed E-state index contributed by atoms with van der Waals surface area (Å²) in [6.45, 7) is 0. The second-order valence-corrected chi connectivity index (χ2v) is 4.66. The Bertz CT molecular complexity index is 690. The summed E-state index contributed by atoms with van der Waals surface area (Å²) in [6.07, 6.45) is 4.19. The van der Waals surface area contributed by atoms with Gasteiger partial charge >= 0.3 is 0 Å². The van der Waals surface area contributed by atoms with E-state index in [9.17, 15) is 4.79 Å². The number of aldehydes is 1. The van der Waals surface area contributed by atoms with Gasteiger partial charge in [0.05, 0.1) is 10.4 Å². The van der Waals surface area contributed by atoms with Gasteiger partial charge in [-0.1, -0.05) is 6.07 Å². The lowest BCUT2D eigenvalue weighted by Gasteiger charge is -1.99. The summed E-state index contributed by atoms with van der Waals surface area (Å²) in [5, 5.41) is 1.94. The largest absolute Gasteiger partial charge is 0.297 e. The number of rotatable bonds is 2. The number of carbonyl (C=O) groups excluding carboxylic acids is 1. The fourth-order valence-electron chi connectivity index (χ4n) is 1.68. The normalized spacial score (nSPS) is 10.6. The molecular formula is C13H8N2OS. The SMILES string of the molecule is O=Cc1cnc(-c2ccc3ncccc3c2)s1. The molecule has 0 radical (unpaired) electrons. The number of thiazole rings is 1. The summed E-state index contributed by atoms with van der Waals surface area (Å²) >= 11 is 1.39. The van der Waals surface area contributed by atoms with Crippen molar-refractivity contribution in [2.45, 2.75) is 0 Å². The van der Waals surface area contributed by atoms with Gasteiger partial charge in [-0.05, 0) is 24.3 Å². The second-order valence-electron chi connectivity index (χ2n) is 3.60. The smallest absolute Gasteiger partial charge is 0.161 e. The zero-order chi connectivity index (χ0) is 11.7. The van der Waals surface area contributed by atoms with E-state index < -0.39 is 0 Å². The molecule has 1 aromatic carbocycles. The minimum Gasteiger partial charge on any atom is -0.297 e. The molecule has 0 saturated carbocycles. The van der Waals surface area contributed by atoms with Crippen molar-refractivity contribution in [3.63, 3.8) is 0 Å². The molecule has 0 bridgehead atoms. The van der Waals surface area contributed by atoms with Crippen molar-refractivity contribution in [1.82, 2.24) is 9.97 Å². The van der Waals surface area contributed by atoms with Crippen molar-refractivity contribution in [3.05, 3.63) is 47.6 Å². The van der Waals surface area contributed by atoms with Crippen LogP contribution in [0.5, 0.6) is 0 Å². The first-order valence-corrected chi connectivity index (χ1v) is 5.94. The third kappa shape index (κ3) is 1.83. The molecule has 0 aliphatic rings. The minimum absolute atomic E-state index is 0.645. The van der Waals surface area contributed by atoms with Gasteiger partial charge in [0.25, 0.3) is 0 Å². The number of hydrogen-bond acceptors (Lipinski definition) is 4. The predicted octanol–water partition coefficient (Wildman–Crippen LogP) is 3.17. The fourth-order valence-corrected chi connectivity index (χ4v) is 2.41. The maximum absolute atomic E-state index is 10.6. The number of nitrogens with zero attached hydrogens (tertiary/aromatic N) is 2. The molecule has 0 saturated heterocycles. The highest BCUT2D eigenvalue weighted by molar-refractivity contribution is 7.16. The van der Waals surface area contributed by atoms with Crippen LogP contribution >= 0.6 is 11.3 Å². The van der Waals surface area contributed by atoms with E-state index in [0.29, 0.717) is 4.88 Å². The highest BCUT2D eigenvalue weighted by atomic mass is 32.1. The lowest BCUT2D eigenvalue weighted by Crippen LogP contribution is -1.79. The zero-order valence-electron chi connectivity index (χ0n) is 8.83. The van der Waals surface area contributed by atoms with Crippen LogP contribution in [0.1, 0.15) is 9.67 Å². The lowest BCUT2D eigenvalue weighted by atomic mass is 10.1. The Morgan fingerprint density at radius 1 is 1.18 bits per heavy atom. The molecule has 0 fully saturated rings. The quantitative estimate of drug-likeness (QED) is 0.646. The molecule has 2 aromatic heterocycles. The first-order chi connectivity index (χ1) is 8.36. The highest BCUT2D eigenvalue weighted by Crippen LogP contribution is 2.26. The van der Waals surface area contributed by atoms with E-state index in [1.165, 1.54) is 11.3 Å². The Hall–Kier alpha value is -2.07. The second kappa shape index (κ2) is 4.07. The molecule has 3 rings (SSSR count). The van der Waals surface area contributed by atoms with Crippen LogP contribution in [0.3, 0.4) is 0 Å². The van der Waals surface area contributed by atoms with Crippen LogP contribution in [0.15, 0.2) is 42.7 Å². The van der Waals surface area contributed by atoms with Gasteiger partial charge in [0.1, 0.15) is 5.01 Å². The van der Waals surface area contributed by atoms with Gasteiger partial charge in [-0.25, -0.2) is 4.98 Å². The summed E-state index contributed by atoms with van der Waals surface area (Å²) in [4.78, 5) is 19.8. The molecular weight excluding hydrogens is 232 g/mol. The molecule has 4 heteroatoms. The fraction of sp³-hybridized carbons (Fsp3) is 0. The number of benzene rings is 1. The molecule has 3 aromatic rings. The van der Waals surface area contributed by atoms with Crippen LogP contribution in [0.4, 0.5) is 0 Å². The molecule has 0 spiro atoms. The van der Waals surface area contributed by atoms with Gasteiger partial charge in [-0.15, -0.1) is 11.3 Å². The van der Waals surface area contributed by atoms with Crippen molar-refractivity contribution in [3.8, 4) is 10.6 Å². The van der Waals surface area contributed by atoms with Crippen LogP contribution in [-0.4, -0.2) is 16.3 Å². The van der Waals surface area contributed by atoms with E-state index in [4.69, 9.17) is 0 Å². The van der Waals surface area contributed by atoms with E-state index in [2.05, 4.69) is 9.97 Å². The van der Waals surface area contributed by atoms with E-state index in [1.54, 1.807) is 12.4 Å². The Morgan fingerprint density at radius 3 is 2.94 bits per heavy atom. The van der Waals surface area contributed by atoms with Gasteiger partial charge < -0.3 is 0 Å². The molecule has 82 valence electrons. The van der Waals surface area contributed by atoms with Crippen LogP contribution in [-0.2, 0) is 0 Å². The van der Waals surface area contributed by atoms with Crippen LogP contribution in [0.25, 0.3) is 21.5 Å². The van der Waals surface area contributed by atoms with Crippen molar-refractivity contribution in [2.75, 3.05) is 0 Å². The van der Waals surface area contributed by atoms with Gasteiger partial charge in [0.15, 0.2) is 6.29 Å². The van der Waals surface area contributed by atoms with Crippen molar-refractivity contribution < 1.29 is 4.79 Å². The van der Waals surface area contributed by atoms with Crippen LogP contribution in [0, 0.1) is 0 Å². The van der Waals surface area contributed by atoms with Crippen LogP contribution < -0.4 is 0 Å². The van der Waals surface area contributed by atoms with Crippen LogP contribution in [0.2, 0.25) is 0 Å². The first-order valence-electron chi connectivity index (χ1n) is 5.13. The average molecular weight is 240 g/mol. The molecule has 2 heterocycles. The zero-order valence-corrected chi connectivity index (χ0v) is 9.65. The topological polar surface area (TPSA) is 42.9 Å². The summed E-state index contributed by atoms with van der Waals surface area (Å²) in [5.74, 6) is 0. The number of hydrogen-bond donors (Lipinski definition) is 0. The van der Waals surface area contributed by atoms with Gasteiger partial charge in [0, 0.05) is 23.3 Å². The van der Waals surface area contributed by atoms with E-state index in [1.807, 2.05) is 30.3 Å².